The van der Waals surface area contributed by atoms with Gasteiger partial charge in [0.25, 0.3) is 0 Å². The van der Waals surface area contributed by atoms with E-state index in [1.54, 1.807) is 13.8 Å². The highest BCUT2D eigenvalue weighted by atomic mass is 32.3. The summed E-state index contributed by atoms with van der Waals surface area (Å²) in [5.41, 5.74) is -2.02. The van der Waals surface area contributed by atoms with Crippen LogP contribution < -0.4 is 10.6 Å². The second kappa shape index (κ2) is 26.9. The number of esters is 1. The van der Waals surface area contributed by atoms with Crippen molar-refractivity contribution in [1.82, 2.24) is 10.6 Å². The van der Waals surface area contributed by atoms with Crippen molar-refractivity contribution in [1.29, 1.82) is 0 Å². The van der Waals surface area contributed by atoms with Crippen LogP contribution in [-0.2, 0) is 46.3 Å². The monoisotopic (exact) mass is 818 g/mol. The molecule has 0 saturated carbocycles. The third-order valence-electron chi connectivity index (χ3n) is 7.06. The fourth-order valence-electron chi connectivity index (χ4n) is 4.19. The van der Waals surface area contributed by atoms with E-state index in [0.29, 0.717) is 30.5 Å². The zero-order valence-corrected chi connectivity index (χ0v) is 35.5. The first-order valence-corrected chi connectivity index (χ1v) is 22.6. The van der Waals surface area contributed by atoms with Crippen LogP contribution in [0.15, 0.2) is 87.6 Å². The van der Waals surface area contributed by atoms with Crippen molar-refractivity contribution in [2.75, 3.05) is 103 Å². The normalized spacial score (nSPS) is 13.1. The smallest absolute Gasteiger partial charge is 0.407 e. The molecule has 0 aromatic carbocycles. The lowest BCUT2D eigenvalue weighted by Crippen LogP contribution is -2.53. The van der Waals surface area contributed by atoms with Crippen LogP contribution in [0.5, 0.6) is 0 Å². The van der Waals surface area contributed by atoms with Gasteiger partial charge in [-0.15, -0.1) is 20.6 Å². The predicted octanol–water partition coefficient (Wildman–Crippen LogP) is 6.62. The van der Waals surface area contributed by atoms with E-state index in [-0.39, 0.29) is 52.9 Å². The Bertz CT molecular complexity index is 1160. The van der Waals surface area contributed by atoms with Crippen molar-refractivity contribution in [3.8, 4) is 0 Å². The van der Waals surface area contributed by atoms with Gasteiger partial charge < -0.3 is 48.5 Å². The molecule has 0 aliphatic heterocycles. The number of alkyl carbamates (subject to hydrolysis) is 2. The minimum absolute atomic E-state index is 0.0322. The Morgan fingerprint density at radius 1 is 0.527 bits per heavy atom. The molecule has 0 radical (unpaired) electrons. The lowest BCUT2D eigenvalue weighted by molar-refractivity contribution is -0.140. The standard InChI is InChI=1S/C39H66N2O12S2/c1-14-32(5)49-28-38(8,29-50-33(6)15-2)40-36(43)47-24-22-45-20-18-26-54(10,11)53-55(12,13)27-19-21-46-23-25-48-37(44)41-39(9,30-51-34(7)16-3)31-52-35(42)17-4/h14-17H,1-7,18-31H2,8-13H3,(H,40,43)(H,41,44). The molecule has 0 aromatic rings. The summed E-state index contributed by atoms with van der Waals surface area (Å²) in [4.78, 5) is 36.5. The second-order valence-electron chi connectivity index (χ2n) is 13.6. The number of hydrogen-bond acceptors (Lipinski definition) is 12. The number of hydrogen-bond donors (Lipinski definition) is 2. The van der Waals surface area contributed by atoms with Crippen LogP contribution >= 0.6 is 20.6 Å². The van der Waals surface area contributed by atoms with Crippen molar-refractivity contribution in [2.45, 2.75) is 37.8 Å². The molecule has 2 N–H and O–H groups in total. The van der Waals surface area contributed by atoms with Gasteiger partial charge in [0.15, 0.2) is 0 Å². The van der Waals surface area contributed by atoms with Crippen molar-refractivity contribution < 1.29 is 55.9 Å². The summed E-state index contributed by atoms with van der Waals surface area (Å²) in [6.07, 6.45) is 14.2. The maximum Gasteiger partial charge on any atom is 0.407 e. The molecule has 0 saturated heterocycles. The van der Waals surface area contributed by atoms with Gasteiger partial charge in [0.05, 0.1) is 13.2 Å². The average Bonchev–Trinajstić information content (AvgIpc) is 3.12. The van der Waals surface area contributed by atoms with Crippen LogP contribution in [0.1, 0.15) is 26.7 Å². The predicted molar refractivity (Wildman–Crippen MR) is 223 cm³/mol. The Balaban J connectivity index is 4.41. The summed E-state index contributed by atoms with van der Waals surface area (Å²) in [6.45, 7) is 30.2. The Hall–Kier alpha value is -3.83. The van der Waals surface area contributed by atoms with Crippen molar-refractivity contribution in [3.63, 3.8) is 0 Å². The highest BCUT2D eigenvalue weighted by Gasteiger charge is 2.31. The Morgan fingerprint density at radius 2 is 0.873 bits per heavy atom. The third kappa shape index (κ3) is 26.6. The molecule has 1 atom stereocenters. The van der Waals surface area contributed by atoms with Crippen molar-refractivity contribution >= 4 is 38.8 Å². The number of ether oxygens (including phenoxy) is 8. The van der Waals surface area contributed by atoms with Crippen LogP contribution in [0.25, 0.3) is 0 Å². The average molecular weight is 819 g/mol. The van der Waals surface area contributed by atoms with Gasteiger partial charge in [-0.1, -0.05) is 46.1 Å². The highest BCUT2D eigenvalue weighted by molar-refractivity contribution is 8.40. The molecular weight excluding hydrogens is 753 g/mol. The SMILES string of the molecule is C=CC(=C)OCC(C)(COC(=C)C=C)NC(=O)OCCOCCCS(C)(C)OS(C)(C)CCCOCCOC(=O)NC(C)(COC(=C)C=C)COC(=O)C=C. The summed E-state index contributed by atoms with van der Waals surface area (Å²) in [5.74, 6) is 2.10. The van der Waals surface area contributed by atoms with Crippen LogP contribution in [0.4, 0.5) is 9.59 Å². The number of amides is 2. The maximum atomic E-state index is 12.5. The van der Waals surface area contributed by atoms with E-state index in [0.717, 1.165) is 30.4 Å². The molecule has 0 rings (SSSR count). The molecular formula is C39H66N2O12S2. The summed E-state index contributed by atoms with van der Waals surface area (Å²) < 4.78 is 50.2. The quantitative estimate of drug-likeness (QED) is 0.0182. The van der Waals surface area contributed by atoms with Crippen molar-refractivity contribution in [2.24, 2.45) is 0 Å². The Kier molecular flexibility index (Phi) is 25.0. The number of nitrogens with one attached hydrogen (secondary N) is 2. The van der Waals surface area contributed by atoms with E-state index >= 15 is 0 Å². The second-order valence-corrected chi connectivity index (χ2v) is 20.7. The number of rotatable bonds is 33. The molecule has 0 bridgehead atoms. The van der Waals surface area contributed by atoms with Gasteiger partial charge >= 0.3 is 18.2 Å². The van der Waals surface area contributed by atoms with Crippen LogP contribution in [0.2, 0.25) is 0 Å². The summed E-state index contributed by atoms with van der Waals surface area (Å²) >= 11 is 0. The first kappa shape index (κ1) is 51.2. The van der Waals surface area contributed by atoms with Crippen LogP contribution in [0, 0.1) is 0 Å². The number of carbonyl (C=O) groups excluding carboxylic acids is 3. The van der Waals surface area contributed by atoms with E-state index in [1.165, 1.54) is 18.2 Å². The van der Waals surface area contributed by atoms with Gasteiger partial charge in [0.2, 0.25) is 0 Å². The molecule has 0 aliphatic carbocycles. The number of allylic oxidation sites excluding steroid dienone is 3. The molecule has 316 valence electrons. The topological polar surface area (TPSA) is 158 Å². The first-order chi connectivity index (χ1) is 25.7. The molecule has 0 heterocycles. The van der Waals surface area contributed by atoms with Crippen LogP contribution in [0.3, 0.4) is 0 Å². The number of carbonyl (C=O) groups is 3. The van der Waals surface area contributed by atoms with E-state index in [1.807, 2.05) is 0 Å². The molecule has 55 heavy (non-hydrogen) atoms. The fraction of sp³-hybridized carbons (Fsp3) is 0.564. The molecule has 0 aromatic heterocycles. The lowest BCUT2D eigenvalue weighted by atomic mass is 10.1. The minimum atomic E-state index is -1.34. The molecule has 0 spiro atoms. The van der Waals surface area contributed by atoms with Gasteiger partial charge in [0, 0.05) is 30.8 Å². The van der Waals surface area contributed by atoms with E-state index < -0.39 is 49.9 Å². The molecule has 0 fully saturated rings. The van der Waals surface area contributed by atoms with Gasteiger partial charge in [-0.05, 0) is 69.9 Å². The van der Waals surface area contributed by atoms with Crippen molar-refractivity contribution in [3.05, 3.63) is 87.6 Å². The van der Waals surface area contributed by atoms with E-state index in [4.69, 9.17) is 41.5 Å². The third-order valence-corrected chi connectivity index (χ3v) is 12.5. The van der Waals surface area contributed by atoms with E-state index in [9.17, 15) is 14.4 Å². The lowest BCUT2D eigenvalue weighted by Gasteiger charge is -2.42. The molecule has 16 heteroatoms. The zero-order chi connectivity index (χ0) is 42.0. The summed E-state index contributed by atoms with van der Waals surface area (Å²) in [6, 6.07) is 0. The zero-order valence-electron chi connectivity index (χ0n) is 33.9. The summed E-state index contributed by atoms with van der Waals surface area (Å²) in [7, 11) is -2.67. The Labute approximate surface area is 332 Å². The molecule has 14 nitrogen and oxygen atoms in total. The van der Waals surface area contributed by atoms with Gasteiger partial charge in [-0.25, -0.2) is 14.4 Å². The molecule has 0 aliphatic rings. The minimum Gasteiger partial charge on any atom is -0.492 e. The van der Waals surface area contributed by atoms with Gasteiger partial charge in [-0.3, -0.25) is 3.63 Å². The van der Waals surface area contributed by atoms with Crippen LogP contribution in [-0.4, -0.2) is 132 Å². The molecule has 2 amide bonds. The highest BCUT2D eigenvalue weighted by Crippen LogP contribution is 2.58. The largest absolute Gasteiger partial charge is 0.492 e. The first-order valence-electron chi connectivity index (χ1n) is 17.5. The fourth-order valence-corrected chi connectivity index (χ4v) is 10.3. The summed E-state index contributed by atoms with van der Waals surface area (Å²) in [5, 5.41) is 5.44. The Morgan fingerprint density at radius 3 is 1.20 bits per heavy atom. The maximum absolute atomic E-state index is 12.5. The molecule has 1 unspecified atom stereocenters. The van der Waals surface area contributed by atoms with Gasteiger partial charge in [0.1, 0.15) is 68.0 Å². The van der Waals surface area contributed by atoms with E-state index in [2.05, 4.69) is 81.7 Å². The van der Waals surface area contributed by atoms with Gasteiger partial charge in [-0.2, -0.15) is 0 Å².